The molecule has 1 atom stereocenters. The van der Waals surface area contributed by atoms with Gasteiger partial charge in [-0.05, 0) is 31.2 Å². The van der Waals surface area contributed by atoms with Gasteiger partial charge in [0.05, 0.1) is 0 Å². The summed E-state index contributed by atoms with van der Waals surface area (Å²) in [5, 5.41) is 0. The Labute approximate surface area is 148 Å². The molecule has 0 aliphatic carbocycles. The van der Waals surface area contributed by atoms with Gasteiger partial charge in [-0.2, -0.15) is 0 Å². The number of benzene rings is 1. The number of anilines is 1. The highest BCUT2D eigenvalue weighted by Gasteiger charge is 2.17. The van der Waals surface area contributed by atoms with E-state index in [1.54, 1.807) is 0 Å². The van der Waals surface area contributed by atoms with E-state index >= 15 is 0 Å². The summed E-state index contributed by atoms with van der Waals surface area (Å²) in [7, 11) is 0. The Morgan fingerprint density at radius 1 is 1.00 bits per heavy atom. The van der Waals surface area contributed by atoms with Crippen LogP contribution in [0.2, 0.25) is 0 Å². The highest BCUT2D eigenvalue weighted by molar-refractivity contribution is 6.18. The van der Waals surface area contributed by atoms with Crippen molar-refractivity contribution in [1.82, 2.24) is 4.90 Å². The van der Waals surface area contributed by atoms with Crippen LogP contribution in [0.4, 0.5) is 5.69 Å². The topological polar surface area (TPSA) is 23.6 Å². The third kappa shape index (κ3) is 6.33. The number of rotatable bonds is 11. The number of nitrogens with zero attached hydrogens (tertiary/aromatic N) is 2. The Balaban J connectivity index is 2.80. The maximum absolute atomic E-state index is 10.8. The fourth-order valence-electron chi connectivity index (χ4n) is 2.45. The van der Waals surface area contributed by atoms with Gasteiger partial charge in [0, 0.05) is 61.1 Å². The fraction of sp³-hybridized carbons (Fsp3) is 0.562. The molecule has 0 aliphatic heterocycles. The van der Waals surface area contributed by atoms with Gasteiger partial charge >= 0.3 is 0 Å². The lowest BCUT2D eigenvalue weighted by Crippen LogP contribution is -2.44. The number of carbonyl (C=O) groups excluding carboxylic acids is 1. The van der Waals surface area contributed by atoms with Crippen molar-refractivity contribution < 1.29 is 4.79 Å². The lowest BCUT2D eigenvalue weighted by Gasteiger charge is -2.34. The van der Waals surface area contributed by atoms with Gasteiger partial charge in [0.1, 0.15) is 6.29 Å². The quantitative estimate of drug-likeness (QED) is 0.441. The summed E-state index contributed by atoms with van der Waals surface area (Å²) < 4.78 is 0. The number of halogens is 3. The molecular weight excluding hydrogens is 343 g/mol. The third-order valence-corrected chi connectivity index (χ3v) is 4.05. The maximum Gasteiger partial charge on any atom is 0.150 e. The average molecular weight is 366 g/mol. The first kappa shape index (κ1) is 19.6. The molecule has 0 spiro atoms. The Morgan fingerprint density at radius 2 is 1.55 bits per heavy atom. The first-order valence-corrected chi connectivity index (χ1v) is 8.98. The molecule has 3 nitrogen and oxygen atoms in total. The summed E-state index contributed by atoms with van der Waals surface area (Å²) in [5.74, 6) is 1.73. The highest BCUT2D eigenvalue weighted by atomic mass is 35.5. The standard InChI is InChI=1S/C16H23Cl3N2O/c1-14(12-20(9-6-17)10-7-18)21(11-8-19)16-4-2-15(13-22)3-5-16/h2-5,13-14H,6-12H2,1H3. The normalized spacial score (nSPS) is 12.4. The average Bonchev–Trinajstić information content (AvgIpc) is 2.53. The van der Waals surface area contributed by atoms with Crippen molar-refractivity contribution in [3.05, 3.63) is 29.8 Å². The third-order valence-electron chi connectivity index (χ3n) is 3.54. The molecule has 1 rings (SSSR count). The van der Waals surface area contributed by atoms with Gasteiger partial charge in [-0.25, -0.2) is 0 Å². The molecule has 0 aromatic heterocycles. The van der Waals surface area contributed by atoms with Gasteiger partial charge in [0.25, 0.3) is 0 Å². The van der Waals surface area contributed by atoms with Crippen molar-refractivity contribution in [2.75, 3.05) is 48.7 Å². The van der Waals surface area contributed by atoms with E-state index < -0.39 is 0 Å². The molecule has 0 bridgehead atoms. The van der Waals surface area contributed by atoms with E-state index in [0.717, 1.165) is 38.2 Å². The van der Waals surface area contributed by atoms with Crippen molar-refractivity contribution in [3.8, 4) is 0 Å². The monoisotopic (exact) mass is 364 g/mol. The van der Waals surface area contributed by atoms with Gasteiger partial charge < -0.3 is 4.90 Å². The molecule has 1 aromatic carbocycles. The van der Waals surface area contributed by atoms with E-state index in [0.29, 0.717) is 23.2 Å². The van der Waals surface area contributed by atoms with Crippen LogP contribution < -0.4 is 4.90 Å². The van der Waals surface area contributed by atoms with Gasteiger partial charge in [-0.1, -0.05) is 0 Å². The van der Waals surface area contributed by atoms with E-state index in [1.807, 2.05) is 24.3 Å². The van der Waals surface area contributed by atoms with Crippen molar-refractivity contribution in [3.63, 3.8) is 0 Å². The SMILES string of the molecule is CC(CN(CCCl)CCCl)N(CCCl)c1ccc(C=O)cc1. The summed E-state index contributed by atoms with van der Waals surface area (Å²) >= 11 is 17.7. The smallest absolute Gasteiger partial charge is 0.150 e. The Bertz CT molecular complexity index is 422. The van der Waals surface area contributed by atoms with Crippen LogP contribution in [0.3, 0.4) is 0 Å². The van der Waals surface area contributed by atoms with Crippen molar-refractivity contribution in [1.29, 1.82) is 0 Å². The maximum atomic E-state index is 10.8. The van der Waals surface area contributed by atoms with Crippen LogP contribution in [0.25, 0.3) is 0 Å². The Hall–Kier alpha value is -0.480. The minimum atomic E-state index is 0.271. The lowest BCUT2D eigenvalue weighted by atomic mass is 10.1. The molecule has 0 fully saturated rings. The molecule has 0 N–H and O–H groups in total. The Kier molecular flexibility index (Phi) is 9.89. The van der Waals surface area contributed by atoms with Crippen LogP contribution in [0.1, 0.15) is 17.3 Å². The molecular formula is C16H23Cl3N2O. The number of aldehydes is 1. The largest absolute Gasteiger partial charge is 0.366 e. The van der Waals surface area contributed by atoms with Crippen LogP contribution in [0.5, 0.6) is 0 Å². The zero-order chi connectivity index (χ0) is 16.4. The van der Waals surface area contributed by atoms with Crippen LogP contribution in [-0.2, 0) is 0 Å². The number of hydrogen-bond donors (Lipinski definition) is 0. The first-order valence-electron chi connectivity index (χ1n) is 7.38. The van der Waals surface area contributed by atoms with Crippen molar-refractivity contribution >= 4 is 46.8 Å². The highest BCUT2D eigenvalue weighted by Crippen LogP contribution is 2.18. The minimum absolute atomic E-state index is 0.271. The molecule has 6 heteroatoms. The van der Waals surface area contributed by atoms with E-state index in [4.69, 9.17) is 34.8 Å². The van der Waals surface area contributed by atoms with E-state index in [-0.39, 0.29) is 6.04 Å². The second-order valence-corrected chi connectivity index (χ2v) is 6.25. The van der Waals surface area contributed by atoms with Crippen LogP contribution in [0, 0.1) is 0 Å². The lowest BCUT2D eigenvalue weighted by molar-refractivity contribution is 0.112. The molecule has 1 unspecified atom stereocenters. The first-order chi connectivity index (χ1) is 10.7. The second-order valence-electron chi connectivity index (χ2n) is 5.12. The van der Waals surface area contributed by atoms with Gasteiger partial charge in [0.2, 0.25) is 0 Å². The van der Waals surface area contributed by atoms with Gasteiger partial charge in [0.15, 0.2) is 0 Å². The number of alkyl halides is 3. The van der Waals surface area contributed by atoms with E-state index in [1.165, 1.54) is 0 Å². The summed E-state index contributed by atoms with van der Waals surface area (Å²) in [5.41, 5.74) is 1.74. The molecule has 0 amide bonds. The molecule has 0 heterocycles. The predicted molar refractivity (Wildman–Crippen MR) is 97.2 cm³/mol. The molecule has 22 heavy (non-hydrogen) atoms. The van der Waals surface area contributed by atoms with Gasteiger partial charge in [-0.3, -0.25) is 9.69 Å². The van der Waals surface area contributed by atoms with E-state index in [9.17, 15) is 4.79 Å². The molecule has 0 saturated heterocycles. The summed E-state index contributed by atoms with van der Waals surface area (Å²) in [6.07, 6.45) is 0.849. The van der Waals surface area contributed by atoms with Crippen molar-refractivity contribution in [2.24, 2.45) is 0 Å². The molecule has 124 valence electrons. The van der Waals surface area contributed by atoms with Crippen LogP contribution >= 0.6 is 34.8 Å². The van der Waals surface area contributed by atoms with Gasteiger partial charge in [-0.15, -0.1) is 34.8 Å². The molecule has 1 aromatic rings. The van der Waals surface area contributed by atoms with Crippen LogP contribution in [-0.4, -0.2) is 61.0 Å². The minimum Gasteiger partial charge on any atom is -0.366 e. The number of hydrogen-bond acceptors (Lipinski definition) is 3. The number of carbonyl (C=O) groups is 1. The zero-order valence-corrected chi connectivity index (χ0v) is 15.1. The summed E-state index contributed by atoms with van der Waals surface area (Å²) in [6.45, 7) is 5.41. The predicted octanol–water partition coefficient (Wildman–Crippen LogP) is 3.71. The zero-order valence-electron chi connectivity index (χ0n) is 12.9. The molecule has 0 radical (unpaired) electrons. The molecule has 0 aliphatic rings. The fourth-order valence-corrected chi connectivity index (χ4v) is 3.11. The van der Waals surface area contributed by atoms with Crippen LogP contribution in [0.15, 0.2) is 24.3 Å². The Morgan fingerprint density at radius 3 is 2.00 bits per heavy atom. The molecule has 0 saturated carbocycles. The van der Waals surface area contributed by atoms with E-state index in [2.05, 4.69) is 16.7 Å². The second kappa shape index (κ2) is 11.1. The van der Waals surface area contributed by atoms with Crippen molar-refractivity contribution in [2.45, 2.75) is 13.0 Å². The summed E-state index contributed by atoms with van der Waals surface area (Å²) in [6, 6.07) is 7.84. The summed E-state index contributed by atoms with van der Waals surface area (Å²) in [4.78, 5) is 15.3.